The van der Waals surface area contributed by atoms with Crippen molar-refractivity contribution in [2.24, 2.45) is 5.73 Å². The fraction of sp³-hybridized carbons (Fsp3) is 0.900. The first-order chi connectivity index (χ1) is 6.54. The monoisotopic (exact) mass is 203 g/mol. The van der Waals surface area contributed by atoms with Crippen LogP contribution in [0.3, 0.4) is 0 Å². The molecule has 0 amide bonds. The number of methoxy groups -OCH3 is 1. The third-order valence-electron chi connectivity index (χ3n) is 2.04. The molecule has 0 fully saturated rings. The molecule has 1 unspecified atom stereocenters. The molecule has 0 aliphatic heterocycles. The summed E-state index contributed by atoms with van der Waals surface area (Å²) in [5, 5.41) is 0. The third kappa shape index (κ3) is 5.19. The van der Waals surface area contributed by atoms with E-state index in [1.165, 1.54) is 0 Å². The molecule has 0 bridgehead atoms. The van der Waals surface area contributed by atoms with Crippen LogP contribution in [-0.2, 0) is 14.3 Å². The number of carbonyl (C=O) groups excluding carboxylic acids is 1. The smallest absolute Gasteiger partial charge is 0.325 e. The Morgan fingerprint density at radius 2 is 2.07 bits per heavy atom. The van der Waals surface area contributed by atoms with Gasteiger partial charge in [0.05, 0.1) is 6.61 Å². The number of esters is 1. The van der Waals surface area contributed by atoms with Crippen LogP contribution >= 0.6 is 0 Å². The van der Waals surface area contributed by atoms with Crippen molar-refractivity contribution in [1.82, 2.24) is 0 Å². The van der Waals surface area contributed by atoms with Crippen LogP contribution in [0.4, 0.5) is 0 Å². The van der Waals surface area contributed by atoms with Crippen molar-refractivity contribution in [3.63, 3.8) is 0 Å². The summed E-state index contributed by atoms with van der Waals surface area (Å²) in [4.78, 5) is 11.4. The molecule has 0 aliphatic rings. The lowest BCUT2D eigenvalue weighted by Crippen LogP contribution is -2.46. The predicted molar refractivity (Wildman–Crippen MR) is 55.0 cm³/mol. The summed E-state index contributed by atoms with van der Waals surface area (Å²) in [7, 11) is 1.66. The second-order valence-corrected chi connectivity index (χ2v) is 3.59. The van der Waals surface area contributed by atoms with Gasteiger partial charge in [-0.25, -0.2) is 0 Å². The molecule has 0 aromatic heterocycles. The molecule has 4 heteroatoms. The molecule has 4 nitrogen and oxygen atoms in total. The molecular formula is C10H21NO3. The molecule has 0 aromatic carbocycles. The molecule has 1 atom stereocenters. The molecule has 84 valence electrons. The van der Waals surface area contributed by atoms with Crippen molar-refractivity contribution >= 4 is 5.97 Å². The van der Waals surface area contributed by atoms with Gasteiger partial charge in [0.1, 0.15) is 5.54 Å². The van der Waals surface area contributed by atoms with Crippen LogP contribution in [-0.4, -0.2) is 31.8 Å². The van der Waals surface area contributed by atoms with E-state index in [4.69, 9.17) is 15.2 Å². The summed E-state index contributed by atoms with van der Waals surface area (Å²) in [5.74, 6) is -0.322. The summed E-state index contributed by atoms with van der Waals surface area (Å²) in [6.45, 7) is 4.57. The van der Waals surface area contributed by atoms with Crippen molar-refractivity contribution < 1.29 is 14.3 Å². The van der Waals surface area contributed by atoms with E-state index in [-0.39, 0.29) is 5.97 Å². The Bertz CT molecular complexity index is 169. The van der Waals surface area contributed by atoms with Gasteiger partial charge in [0.2, 0.25) is 0 Å². The number of nitrogens with two attached hydrogens (primary N) is 1. The lowest BCUT2D eigenvalue weighted by molar-refractivity contribution is -0.149. The van der Waals surface area contributed by atoms with Crippen molar-refractivity contribution in [1.29, 1.82) is 0 Å². The summed E-state index contributed by atoms with van der Waals surface area (Å²) < 4.78 is 9.78. The van der Waals surface area contributed by atoms with Gasteiger partial charge in [0, 0.05) is 13.7 Å². The van der Waals surface area contributed by atoms with Crippen LogP contribution in [0.15, 0.2) is 0 Å². The van der Waals surface area contributed by atoms with Gasteiger partial charge in [-0.15, -0.1) is 0 Å². The van der Waals surface area contributed by atoms with Crippen LogP contribution in [0.1, 0.15) is 33.1 Å². The summed E-state index contributed by atoms with van der Waals surface area (Å²) in [6.07, 6.45) is 2.43. The Morgan fingerprint density at radius 1 is 1.43 bits per heavy atom. The lowest BCUT2D eigenvalue weighted by Gasteiger charge is -2.21. The number of unbranched alkanes of at least 4 members (excludes halogenated alkanes) is 1. The largest absolute Gasteiger partial charge is 0.465 e. The van der Waals surface area contributed by atoms with Gasteiger partial charge < -0.3 is 15.2 Å². The summed E-state index contributed by atoms with van der Waals surface area (Å²) >= 11 is 0. The second-order valence-electron chi connectivity index (χ2n) is 3.59. The lowest BCUT2D eigenvalue weighted by atomic mass is 9.96. The minimum absolute atomic E-state index is 0.322. The van der Waals surface area contributed by atoms with Crippen LogP contribution in [0, 0.1) is 0 Å². The number of carbonyl (C=O) groups is 1. The predicted octanol–water partition coefficient (Wildman–Crippen LogP) is 1.08. The molecule has 0 saturated heterocycles. The zero-order valence-corrected chi connectivity index (χ0v) is 9.34. The van der Waals surface area contributed by atoms with Crippen molar-refractivity contribution in [3.8, 4) is 0 Å². The van der Waals surface area contributed by atoms with E-state index in [2.05, 4.69) is 0 Å². The number of rotatable bonds is 7. The van der Waals surface area contributed by atoms with E-state index in [0.717, 1.165) is 12.8 Å². The van der Waals surface area contributed by atoms with Crippen molar-refractivity contribution in [2.75, 3.05) is 20.3 Å². The molecule has 0 radical (unpaired) electrons. The zero-order valence-electron chi connectivity index (χ0n) is 9.34. The second kappa shape index (κ2) is 6.79. The molecule has 0 aromatic rings. The van der Waals surface area contributed by atoms with Gasteiger partial charge in [0.15, 0.2) is 0 Å². The molecule has 0 aliphatic carbocycles. The summed E-state index contributed by atoms with van der Waals surface area (Å²) in [5.41, 5.74) is 4.96. The average Bonchev–Trinajstić information content (AvgIpc) is 2.13. The minimum atomic E-state index is -0.857. The highest BCUT2D eigenvalue weighted by Gasteiger charge is 2.28. The molecule has 0 rings (SSSR count). The highest BCUT2D eigenvalue weighted by atomic mass is 16.5. The van der Waals surface area contributed by atoms with E-state index < -0.39 is 5.54 Å². The molecule has 14 heavy (non-hydrogen) atoms. The van der Waals surface area contributed by atoms with Crippen molar-refractivity contribution in [2.45, 2.75) is 38.6 Å². The highest BCUT2D eigenvalue weighted by molar-refractivity contribution is 5.79. The third-order valence-corrected chi connectivity index (χ3v) is 2.04. The Labute approximate surface area is 85.8 Å². The fourth-order valence-corrected chi connectivity index (χ4v) is 1.14. The quantitative estimate of drug-likeness (QED) is 0.497. The van der Waals surface area contributed by atoms with E-state index in [9.17, 15) is 4.79 Å². The Kier molecular flexibility index (Phi) is 6.49. The standard InChI is InChI=1S/C10H21NO3/c1-4-14-9(12)10(2,11)7-5-6-8-13-3/h4-8,11H2,1-3H3. The highest BCUT2D eigenvalue weighted by Crippen LogP contribution is 2.12. The first-order valence-corrected chi connectivity index (χ1v) is 4.99. The van der Waals surface area contributed by atoms with Crippen molar-refractivity contribution in [3.05, 3.63) is 0 Å². The SMILES string of the molecule is CCOC(=O)C(C)(N)CCCCOC. The van der Waals surface area contributed by atoms with Crippen LogP contribution in [0.2, 0.25) is 0 Å². The molecule has 0 saturated carbocycles. The Hall–Kier alpha value is -0.610. The first kappa shape index (κ1) is 13.4. The molecular weight excluding hydrogens is 182 g/mol. The number of ether oxygens (including phenoxy) is 2. The van der Waals surface area contributed by atoms with Gasteiger partial charge in [-0.1, -0.05) is 0 Å². The van der Waals surface area contributed by atoms with Crippen LogP contribution in [0.25, 0.3) is 0 Å². The van der Waals surface area contributed by atoms with Gasteiger partial charge >= 0.3 is 5.97 Å². The van der Waals surface area contributed by atoms with E-state index >= 15 is 0 Å². The van der Waals surface area contributed by atoms with Gasteiger partial charge in [0.25, 0.3) is 0 Å². The fourth-order valence-electron chi connectivity index (χ4n) is 1.14. The maximum Gasteiger partial charge on any atom is 0.325 e. The first-order valence-electron chi connectivity index (χ1n) is 4.99. The molecule has 0 heterocycles. The summed E-state index contributed by atoms with van der Waals surface area (Å²) in [6, 6.07) is 0. The Morgan fingerprint density at radius 3 is 2.57 bits per heavy atom. The molecule has 0 spiro atoms. The number of hydrogen-bond donors (Lipinski definition) is 1. The van der Waals surface area contributed by atoms with Crippen LogP contribution < -0.4 is 5.73 Å². The van der Waals surface area contributed by atoms with E-state index in [1.807, 2.05) is 0 Å². The topological polar surface area (TPSA) is 61.5 Å². The average molecular weight is 203 g/mol. The normalized spacial score (nSPS) is 14.9. The number of hydrogen-bond acceptors (Lipinski definition) is 4. The Balaban J connectivity index is 3.76. The van der Waals surface area contributed by atoms with E-state index in [1.54, 1.807) is 21.0 Å². The van der Waals surface area contributed by atoms with E-state index in [0.29, 0.717) is 19.6 Å². The minimum Gasteiger partial charge on any atom is -0.465 e. The van der Waals surface area contributed by atoms with Gasteiger partial charge in [-0.3, -0.25) is 4.79 Å². The molecule has 2 N–H and O–H groups in total. The van der Waals surface area contributed by atoms with Gasteiger partial charge in [-0.2, -0.15) is 0 Å². The maximum absolute atomic E-state index is 11.4. The zero-order chi connectivity index (χ0) is 11.0. The van der Waals surface area contributed by atoms with Crippen LogP contribution in [0.5, 0.6) is 0 Å². The van der Waals surface area contributed by atoms with Gasteiger partial charge in [-0.05, 0) is 33.1 Å². The maximum atomic E-state index is 11.4.